The van der Waals surface area contributed by atoms with E-state index in [4.69, 9.17) is 5.26 Å². The lowest BCUT2D eigenvalue weighted by molar-refractivity contribution is 0.588. The zero-order chi connectivity index (χ0) is 15.1. The lowest BCUT2D eigenvalue weighted by atomic mass is 9.98. The second-order valence-electron chi connectivity index (χ2n) is 5.24. The maximum Gasteiger partial charge on any atom is 0.124 e. The number of benzene rings is 2. The first-order valence-electron chi connectivity index (χ1n) is 7.14. The predicted molar refractivity (Wildman–Crippen MR) is 82.3 cm³/mol. The van der Waals surface area contributed by atoms with Crippen molar-refractivity contribution < 1.29 is 4.39 Å². The van der Waals surface area contributed by atoms with Crippen LogP contribution in [0.1, 0.15) is 36.0 Å². The van der Waals surface area contributed by atoms with Crippen LogP contribution >= 0.6 is 0 Å². The molecule has 2 aromatic rings. The summed E-state index contributed by atoms with van der Waals surface area (Å²) in [5.74, 6) is 0.129. The Kier molecular flexibility index (Phi) is 5.48. The van der Waals surface area contributed by atoms with Crippen molar-refractivity contribution in [1.82, 2.24) is 5.32 Å². The Balaban J connectivity index is 1.80. The smallest absolute Gasteiger partial charge is 0.124 e. The molecule has 2 nitrogen and oxygen atoms in total. The molecule has 0 amide bonds. The lowest BCUT2D eigenvalue weighted by Crippen LogP contribution is -2.16. The second-order valence-corrected chi connectivity index (χ2v) is 5.24. The molecule has 0 radical (unpaired) electrons. The van der Waals surface area contributed by atoms with Gasteiger partial charge in [0.25, 0.3) is 0 Å². The number of hydrogen-bond acceptors (Lipinski definition) is 2. The molecule has 0 aliphatic rings. The number of nitrogens with zero attached hydrogens (tertiary/aromatic N) is 1. The molecule has 1 atom stereocenters. The number of nitriles is 1. The third kappa shape index (κ3) is 4.70. The first-order valence-corrected chi connectivity index (χ1v) is 7.14. The van der Waals surface area contributed by atoms with Crippen LogP contribution in [-0.4, -0.2) is 6.54 Å². The molecule has 3 heteroatoms. The first-order chi connectivity index (χ1) is 10.2. The van der Waals surface area contributed by atoms with Gasteiger partial charge in [-0.15, -0.1) is 0 Å². The van der Waals surface area contributed by atoms with Gasteiger partial charge in [0.2, 0.25) is 0 Å². The summed E-state index contributed by atoms with van der Waals surface area (Å²) in [5, 5.41) is 12.1. The number of nitrogens with one attached hydrogen (secondary N) is 1. The first kappa shape index (κ1) is 15.2. The van der Waals surface area contributed by atoms with Crippen molar-refractivity contribution in [2.45, 2.75) is 25.8 Å². The van der Waals surface area contributed by atoms with E-state index in [1.165, 1.54) is 17.7 Å². The van der Waals surface area contributed by atoms with Gasteiger partial charge in [0.1, 0.15) is 5.82 Å². The van der Waals surface area contributed by atoms with E-state index in [0.29, 0.717) is 18.0 Å². The molecule has 108 valence electrons. The maximum absolute atomic E-state index is 13.3. The van der Waals surface area contributed by atoms with Gasteiger partial charge in [0.05, 0.1) is 11.6 Å². The van der Waals surface area contributed by atoms with Crippen LogP contribution in [0, 0.1) is 17.1 Å². The van der Waals surface area contributed by atoms with E-state index in [1.54, 1.807) is 6.07 Å². The van der Waals surface area contributed by atoms with E-state index in [0.717, 1.165) is 18.5 Å². The summed E-state index contributed by atoms with van der Waals surface area (Å²) in [7, 11) is 0. The Morgan fingerprint density at radius 3 is 2.67 bits per heavy atom. The summed E-state index contributed by atoms with van der Waals surface area (Å²) >= 11 is 0. The summed E-state index contributed by atoms with van der Waals surface area (Å²) in [5.41, 5.74) is 2.50. The van der Waals surface area contributed by atoms with Crippen molar-refractivity contribution in [3.8, 4) is 6.07 Å². The maximum atomic E-state index is 13.3. The molecule has 0 saturated heterocycles. The molecular weight excluding hydrogens is 263 g/mol. The van der Waals surface area contributed by atoms with E-state index < -0.39 is 0 Å². The second kappa shape index (κ2) is 7.56. The van der Waals surface area contributed by atoms with E-state index >= 15 is 0 Å². The van der Waals surface area contributed by atoms with Gasteiger partial charge in [0, 0.05) is 6.54 Å². The lowest BCUT2D eigenvalue weighted by Gasteiger charge is -2.12. The molecule has 0 fully saturated rings. The highest BCUT2D eigenvalue weighted by Crippen LogP contribution is 2.17. The quantitative estimate of drug-likeness (QED) is 0.813. The minimum Gasteiger partial charge on any atom is -0.313 e. The van der Waals surface area contributed by atoms with Crippen LogP contribution in [0.2, 0.25) is 0 Å². The zero-order valence-corrected chi connectivity index (χ0v) is 12.1. The molecule has 0 aliphatic heterocycles. The van der Waals surface area contributed by atoms with Crippen molar-refractivity contribution in [3.05, 3.63) is 71.0 Å². The monoisotopic (exact) mass is 282 g/mol. The standard InChI is InChI=1S/C18H19FN2/c1-14(17-5-3-2-4-6-17)7-8-21-13-16-9-15(12-20)10-18(19)11-16/h2-6,9-11,14,21H,7-8,13H2,1H3. The summed E-state index contributed by atoms with van der Waals surface area (Å²) in [6.45, 7) is 3.63. The summed E-state index contributed by atoms with van der Waals surface area (Å²) in [6, 6.07) is 16.8. The highest BCUT2D eigenvalue weighted by Gasteiger charge is 2.05. The molecule has 21 heavy (non-hydrogen) atoms. The molecule has 1 N–H and O–H groups in total. The van der Waals surface area contributed by atoms with Gasteiger partial charge in [-0.25, -0.2) is 4.39 Å². The van der Waals surface area contributed by atoms with Gasteiger partial charge < -0.3 is 5.32 Å². The van der Waals surface area contributed by atoms with Gasteiger partial charge in [-0.3, -0.25) is 0 Å². The average Bonchev–Trinajstić information content (AvgIpc) is 2.51. The summed E-state index contributed by atoms with van der Waals surface area (Å²) < 4.78 is 13.3. The minimum atomic E-state index is -0.358. The molecule has 0 spiro atoms. The molecule has 0 heterocycles. The predicted octanol–water partition coefficient (Wildman–Crippen LogP) is 3.98. The van der Waals surface area contributed by atoms with Gasteiger partial charge in [0.15, 0.2) is 0 Å². The summed E-state index contributed by atoms with van der Waals surface area (Å²) in [4.78, 5) is 0. The average molecular weight is 282 g/mol. The molecule has 0 saturated carbocycles. The van der Waals surface area contributed by atoms with Crippen molar-refractivity contribution in [1.29, 1.82) is 5.26 Å². The van der Waals surface area contributed by atoms with Crippen molar-refractivity contribution in [2.75, 3.05) is 6.54 Å². The van der Waals surface area contributed by atoms with Gasteiger partial charge in [-0.05, 0) is 48.2 Å². The SMILES string of the molecule is CC(CCNCc1cc(F)cc(C#N)c1)c1ccccc1. The highest BCUT2D eigenvalue weighted by molar-refractivity contribution is 5.33. The van der Waals surface area contributed by atoms with Crippen molar-refractivity contribution >= 4 is 0 Å². The Morgan fingerprint density at radius 2 is 1.95 bits per heavy atom. The van der Waals surface area contributed by atoms with Gasteiger partial charge in [-0.2, -0.15) is 5.26 Å². The normalized spacial score (nSPS) is 11.9. The van der Waals surface area contributed by atoms with Crippen molar-refractivity contribution in [2.24, 2.45) is 0 Å². The van der Waals surface area contributed by atoms with E-state index in [1.807, 2.05) is 12.1 Å². The van der Waals surface area contributed by atoms with E-state index in [9.17, 15) is 4.39 Å². The van der Waals surface area contributed by atoms with Crippen LogP contribution in [0.3, 0.4) is 0 Å². The van der Waals surface area contributed by atoms with Crippen LogP contribution in [0.15, 0.2) is 48.5 Å². The Labute approximate surface area is 125 Å². The topological polar surface area (TPSA) is 35.8 Å². The number of halogens is 1. The Morgan fingerprint density at radius 1 is 1.19 bits per heavy atom. The van der Waals surface area contributed by atoms with E-state index in [-0.39, 0.29) is 5.82 Å². The Bertz CT molecular complexity index is 617. The van der Waals surface area contributed by atoms with Gasteiger partial charge >= 0.3 is 0 Å². The highest BCUT2D eigenvalue weighted by atomic mass is 19.1. The van der Waals surface area contributed by atoms with E-state index in [2.05, 4.69) is 36.5 Å². The number of hydrogen-bond donors (Lipinski definition) is 1. The molecule has 0 aliphatic carbocycles. The fourth-order valence-electron chi connectivity index (χ4n) is 2.32. The van der Waals surface area contributed by atoms with Crippen molar-refractivity contribution in [3.63, 3.8) is 0 Å². The molecule has 2 rings (SSSR count). The molecule has 2 aromatic carbocycles. The third-order valence-corrected chi connectivity index (χ3v) is 3.54. The summed E-state index contributed by atoms with van der Waals surface area (Å²) in [6.07, 6.45) is 1.02. The molecule has 0 aromatic heterocycles. The zero-order valence-electron chi connectivity index (χ0n) is 12.1. The fourth-order valence-corrected chi connectivity index (χ4v) is 2.32. The number of rotatable bonds is 6. The van der Waals surface area contributed by atoms with Crippen LogP contribution in [0.4, 0.5) is 4.39 Å². The molecular formula is C18H19FN2. The van der Waals surface area contributed by atoms with Crippen LogP contribution in [0.5, 0.6) is 0 Å². The van der Waals surface area contributed by atoms with Crippen LogP contribution < -0.4 is 5.32 Å². The minimum absolute atomic E-state index is 0.358. The molecule has 1 unspecified atom stereocenters. The van der Waals surface area contributed by atoms with Crippen LogP contribution in [-0.2, 0) is 6.54 Å². The third-order valence-electron chi connectivity index (χ3n) is 3.54. The fraction of sp³-hybridized carbons (Fsp3) is 0.278. The largest absolute Gasteiger partial charge is 0.313 e. The molecule has 0 bridgehead atoms. The van der Waals surface area contributed by atoms with Crippen LogP contribution in [0.25, 0.3) is 0 Å². The Hall–Kier alpha value is -2.18. The van der Waals surface area contributed by atoms with Gasteiger partial charge in [-0.1, -0.05) is 37.3 Å².